The summed E-state index contributed by atoms with van der Waals surface area (Å²) in [5.41, 5.74) is 0.236. The van der Waals surface area contributed by atoms with Gasteiger partial charge in [-0.2, -0.15) is 11.8 Å². The van der Waals surface area contributed by atoms with Crippen LogP contribution in [0.4, 0.5) is 0 Å². The molecule has 1 spiro atoms. The monoisotopic (exact) mass is 255 g/mol. The lowest BCUT2D eigenvalue weighted by molar-refractivity contribution is -0.0712. The number of nitrogens with one attached hydrogen (secondary N) is 1. The van der Waals surface area contributed by atoms with Gasteiger partial charge in [0.05, 0.1) is 5.60 Å². The second kappa shape index (κ2) is 5.10. The molecule has 0 aromatic rings. The predicted octanol–water partition coefficient (Wildman–Crippen LogP) is 2.82. The highest BCUT2D eigenvalue weighted by molar-refractivity contribution is 7.99. The fourth-order valence-electron chi connectivity index (χ4n) is 3.36. The molecular formula is C14H25NOS. The Morgan fingerprint density at radius 1 is 1.41 bits per heavy atom. The molecule has 0 aromatic carbocycles. The summed E-state index contributed by atoms with van der Waals surface area (Å²) in [4.78, 5) is 0. The molecule has 0 bridgehead atoms. The molecule has 2 saturated heterocycles. The molecule has 1 N–H and O–H groups in total. The molecule has 3 aliphatic rings. The lowest BCUT2D eigenvalue weighted by Crippen LogP contribution is -2.49. The largest absolute Gasteiger partial charge is 0.374 e. The van der Waals surface area contributed by atoms with E-state index < -0.39 is 0 Å². The Kier molecular flexibility index (Phi) is 3.69. The van der Waals surface area contributed by atoms with Gasteiger partial charge in [-0.15, -0.1) is 0 Å². The SMILES string of the molecule is CC(CC1CC1)NC1CCOC2(CCSC2)C1. The third-order valence-corrected chi connectivity index (χ3v) is 5.69. The van der Waals surface area contributed by atoms with E-state index in [-0.39, 0.29) is 5.60 Å². The van der Waals surface area contributed by atoms with Crippen molar-refractivity contribution in [1.82, 2.24) is 5.32 Å². The molecule has 2 aliphatic heterocycles. The van der Waals surface area contributed by atoms with Crippen molar-refractivity contribution in [2.45, 2.75) is 63.1 Å². The normalized spacial score (nSPS) is 39.7. The molecule has 0 amide bonds. The number of rotatable bonds is 4. The van der Waals surface area contributed by atoms with Gasteiger partial charge in [-0.3, -0.25) is 0 Å². The van der Waals surface area contributed by atoms with Crippen molar-refractivity contribution in [2.24, 2.45) is 5.92 Å². The van der Waals surface area contributed by atoms with Crippen LogP contribution in [0.3, 0.4) is 0 Å². The number of thioether (sulfide) groups is 1. The van der Waals surface area contributed by atoms with Gasteiger partial charge in [-0.25, -0.2) is 0 Å². The number of ether oxygens (including phenoxy) is 1. The summed E-state index contributed by atoms with van der Waals surface area (Å²) in [6, 6.07) is 1.41. The molecule has 0 aromatic heterocycles. The molecule has 17 heavy (non-hydrogen) atoms. The zero-order chi connectivity index (χ0) is 11.7. The van der Waals surface area contributed by atoms with E-state index in [2.05, 4.69) is 24.0 Å². The third kappa shape index (κ3) is 3.18. The van der Waals surface area contributed by atoms with Crippen molar-refractivity contribution in [2.75, 3.05) is 18.1 Å². The second-order valence-corrected chi connectivity index (χ2v) is 7.38. The average Bonchev–Trinajstić information content (AvgIpc) is 2.99. The molecule has 1 saturated carbocycles. The summed E-state index contributed by atoms with van der Waals surface area (Å²) in [5.74, 6) is 3.56. The van der Waals surface area contributed by atoms with E-state index in [1.807, 2.05) is 0 Å². The maximum atomic E-state index is 6.07. The van der Waals surface area contributed by atoms with Gasteiger partial charge in [0.2, 0.25) is 0 Å². The fraction of sp³-hybridized carbons (Fsp3) is 1.00. The molecule has 0 radical (unpaired) electrons. The molecule has 3 fully saturated rings. The van der Waals surface area contributed by atoms with E-state index in [4.69, 9.17) is 4.74 Å². The Balaban J connectivity index is 1.48. The van der Waals surface area contributed by atoms with Crippen molar-refractivity contribution in [3.8, 4) is 0 Å². The number of hydrogen-bond donors (Lipinski definition) is 1. The first-order valence-corrected chi connectivity index (χ1v) is 8.39. The van der Waals surface area contributed by atoms with Crippen molar-refractivity contribution >= 4 is 11.8 Å². The standard InChI is InChI=1S/C14H25NOS/c1-11(8-12-2-3-12)15-13-4-6-16-14(9-13)5-7-17-10-14/h11-13,15H,2-10H2,1H3. The van der Waals surface area contributed by atoms with E-state index in [9.17, 15) is 0 Å². The van der Waals surface area contributed by atoms with E-state index in [1.54, 1.807) is 0 Å². The summed E-state index contributed by atoms with van der Waals surface area (Å²) in [5, 5.41) is 3.85. The highest BCUT2D eigenvalue weighted by atomic mass is 32.2. The topological polar surface area (TPSA) is 21.3 Å². The van der Waals surface area contributed by atoms with E-state index in [1.165, 1.54) is 50.0 Å². The van der Waals surface area contributed by atoms with Crippen LogP contribution < -0.4 is 5.32 Å². The Morgan fingerprint density at radius 2 is 2.29 bits per heavy atom. The lowest BCUT2D eigenvalue weighted by atomic mass is 9.89. The number of hydrogen-bond acceptors (Lipinski definition) is 3. The summed E-state index contributed by atoms with van der Waals surface area (Å²) in [6.07, 6.45) is 8.06. The van der Waals surface area contributed by atoms with Gasteiger partial charge in [0.15, 0.2) is 0 Å². The molecular weight excluding hydrogens is 230 g/mol. The van der Waals surface area contributed by atoms with Crippen LogP contribution in [-0.4, -0.2) is 35.8 Å². The van der Waals surface area contributed by atoms with Crippen LogP contribution in [-0.2, 0) is 4.74 Å². The minimum atomic E-state index is 0.236. The summed E-state index contributed by atoms with van der Waals surface area (Å²) in [7, 11) is 0. The van der Waals surface area contributed by atoms with Crippen LogP contribution in [0.5, 0.6) is 0 Å². The summed E-state index contributed by atoms with van der Waals surface area (Å²) >= 11 is 2.07. The minimum Gasteiger partial charge on any atom is -0.374 e. The summed E-state index contributed by atoms with van der Waals surface area (Å²) in [6.45, 7) is 3.33. The third-order valence-electron chi connectivity index (χ3n) is 4.46. The molecule has 3 heteroatoms. The second-order valence-electron chi connectivity index (χ2n) is 6.27. The smallest absolute Gasteiger partial charge is 0.0795 e. The maximum Gasteiger partial charge on any atom is 0.0795 e. The van der Waals surface area contributed by atoms with Gasteiger partial charge in [0.1, 0.15) is 0 Å². The Hall–Kier alpha value is 0.270. The average molecular weight is 255 g/mol. The van der Waals surface area contributed by atoms with Gasteiger partial charge in [-0.1, -0.05) is 12.8 Å². The van der Waals surface area contributed by atoms with Gasteiger partial charge in [0.25, 0.3) is 0 Å². The van der Waals surface area contributed by atoms with Crippen LogP contribution in [0.15, 0.2) is 0 Å². The molecule has 2 nitrogen and oxygen atoms in total. The zero-order valence-electron chi connectivity index (χ0n) is 10.9. The first-order chi connectivity index (χ1) is 8.26. The molecule has 3 unspecified atom stereocenters. The first-order valence-electron chi connectivity index (χ1n) is 7.24. The van der Waals surface area contributed by atoms with Crippen LogP contribution in [0, 0.1) is 5.92 Å². The quantitative estimate of drug-likeness (QED) is 0.834. The van der Waals surface area contributed by atoms with Crippen molar-refractivity contribution in [1.29, 1.82) is 0 Å². The highest BCUT2D eigenvalue weighted by Gasteiger charge is 2.40. The van der Waals surface area contributed by atoms with Crippen molar-refractivity contribution < 1.29 is 4.74 Å². The summed E-state index contributed by atoms with van der Waals surface area (Å²) < 4.78 is 6.07. The highest BCUT2D eigenvalue weighted by Crippen LogP contribution is 2.39. The lowest BCUT2D eigenvalue weighted by Gasteiger charge is -2.39. The van der Waals surface area contributed by atoms with Crippen molar-refractivity contribution in [3.63, 3.8) is 0 Å². The molecule has 98 valence electrons. The fourth-order valence-corrected chi connectivity index (χ4v) is 4.74. The van der Waals surface area contributed by atoms with E-state index in [0.29, 0.717) is 12.1 Å². The maximum absolute atomic E-state index is 6.07. The predicted molar refractivity (Wildman–Crippen MR) is 73.6 cm³/mol. The van der Waals surface area contributed by atoms with Gasteiger partial charge in [-0.05, 0) is 44.3 Å². The van der Waals surface area contributed by atoms with E-state index >= 15 is 0 Å². The Morgan fingerprint density at radius 3 is 3.00 bits per heavy atom. The molecule has 3 rings (SSSR count). The van der Waals surface area contributed by atoms with Crippen LogP contribution in [0.2, 0.25) is 0 Å². The van der Waals surface area contributed by atoms with Crippen molar-refractivity contribution in [3.05, 3.63) is 0 Å². The van der Waals surface area contributed by atoms with Crippen LogP contribution in [0.1, 0.15) is 45.4 Å². The Bertz CT molecular complexity index is 261. The molecule has 2 heterocycles. The van der Waals surface area contributed by atoms with Gasteiger partial charge >= 0.3 is 0 Å². The van der Waals surface area contributed by atoms with Crippen LogP contribution >= 0.6 is 11.8 Å². The van der Waals surface area contributed by atoms with Crippen LogP contribution in [0.25, 0.3) is 0 Å². The van der Waals surface area contributed by atoms with Gasteiger partial charge < -0.3 is 10.1 Å². The molecule has 1 aliphatic carbocycles. The molecule has 3 atom stereocenters. The van der Waals surface area contributed by atoms with Gasteiger partial charge in [0, 0.05) is 24.4 Å². The minimum absolute atomic E-state index is 0.236. The first kappa shape index (κ1) is 12.3. The Labute approximate surface area is 109 Å². The zero-order valence-corrected chi connectivity index (χ0v) is 11.7. The van der Waals surface area contributed by atoms with E-state index in [0.717, 1.165) is 12.5 Å².